The van der Waals surface area contributed by atoms with Gasteiger partial charge in [-0.1, -0.05) is 29.8 Å². The highest BCUT2D eigenvalue weighted by Gasteiger charge is 2.13. The molecule has 4 rings (SSSR count). The molecule has 0 aliphatic carbocycles. The van der Waals surface area contributed by atoms with Gasteiger partial charge in [-0.25, -0.2) is 0 Å². The minimum Gasteiger partial charge on any atom is -0.493 e. The topological polar surface area (TPSA) is 78.3 Å². The van der Waals surface area contributed by atoms with Gasteiger partial charge in [-0.2, -0.15) is 5.10 Å². The number of rotatable bonds is 9. The normalized spacial score (nSPS) is 10.6. The number of ether oxygens (including phenoxy) is 2. The first kappa shape index (κ1) is 22.4. The Bertz CT molecular complexity index is 1230. The molecule has 2 heterocycles. The van der Waals surface area contributed by atoms with E-state index in [0.717, 1.165) is 12.0 Å². The van der Waals surface area contributed by atoms with E-state index in [-0.39, 0.29) is 5.91 Å². The van der Waals surface area contributed by atoms with E-state index < -0.39 is 0 Å². The summed E-state index contributed by atoms with van der Waals surface area (Å²) < 4.78 is 13.1. The van der Waals surface area contributed by atoms with E-state index in [2.05, 4.69) is 15.4 Å². The van der Waals surface area contributed by atoms with Crippen LogP contribution in [0.15, 0.2) is 79.3 Å². The lowest BCUT2D eigenvalue weighted by Gasteiger charge is -2.13. The van der Waals surface area contributed by atoms with Crippen molar-refractivity contribution in [2.24, 2.45) is 0 Å². The van der Waals surface area contributed by atoms with Gasteiger partial charge >= 0.3 is 0 Å². The number of pyridine rings is 1. The Balaban J connectivity index is 1.37. The Kier molecular flexibility index (Phi) is 7.22. The van der Waals surface area contributed by atoms with Crippen LogP contribution in [0, 0.1) is 0 Å². The molecule has 0 spiro atoms. The molecule has 2 aromatic carbocycles. The van der Waals surface area contributed by atoms with Crippen LogP contribution in [0.4, 0.5) is 5.82 Å². The van der Waals surface area contributed by atoms with Gasteiger partial charge in [-0.15, -0.1) is 0 Å². The molecule has 2 aromatic heterocycles. The number of aryl methyl sites for hydroxylation is 2. The van der Waals surface area contributed by atoms with Gasteiger partial charge in [0.15, 0.2) is 17.3 Å². The molecule has 1 amide bonds. The number of benzene rings is 2. The van der Waals surface area contributed by atoms with E-state index in [1.807, 2.05) is 42.6 Å². The minimum atomic E-state index is -0.287. The predicted octanol–water partition coefficient (Wildman–Crippen LogP) is 5.01. The average Bonchev–Trinajstić information content (AvgIpc) is 3.30. The third-order valence-electron chi connectivity index (χ3n) is 5.03. The monoisotopic (exact) mass is 462 g/mol. The fraction of sp³-hybridized carbons (Fsp3) is 0.160. The molecule has 0 atom stereocenters. The van der Waals surface area contributed by atoms with Crippen LogP contribution in [0.25, 0.3) is 0 Å². The summed E-state index contributed by atoms with van der Waals surface area (Å²) in [5.74, 6) is 1.17. The van der Waals surface area contributed by atoms with Gasteiger partial charge in [-0.05, 0) is 48.4 Å². The summed E-state index contributed by atoms with van der Waals surface area (Å²) in [6.45, 7) is 0.990. The van der Waals surface area contributed by atoms with Gasteiger partial charge in [0.2, 0.25) is 0 Å². The molecule has 1 N–H and O–H groups in total. The molecule has 8 heteroatoms. The zero-order valence-electron chi connectivity index (χ0n) is 18.1. The van der Waals surface area contributed by atoms with Gasteiger partial charge in [0.25, 0.3) is 5.91 Å². The SMILES string of the molecule is COc1cc(C(=O)Nc2ccn(CCc3ccncc3)n2)ccc1OCc1ccccc1Cl. The molecule has 0 radical (unpaired) electrons. The van der Waals surface area contributed by atoms with Crippen molar-refractivity contribution in [1.82, 2.24) is 14.8 Å². The zero-order chi connectivity index (χ0) is 23.0. The third kappa shape index (κ3) is 5.90. The van der Waals surface area contributed by atoms with Crippen molar-refractivity contribution >= 4 is 23.3 Å². The Hall–Kier alpha value is -3.84. The van der Waals surface area contributed by atoms with Crippen molar-refractivity contribution in [3.05, 3.63) is 101 Å². The lowest BCUT2D eigenvalue weighted by atomic mass is 10.2. The molecule has 0 saturated carbocycles. The van der Waals surface area contributed by atoms with E-state index in [1.54, 1.807) is 41.3 Å². The number of nitrogens with one attached hydrogen (secondary N) is 1. The fourth-order valence-electron chi connectivity index (χ4n) is 3.23. The second-order valence-electron chi connectivity index (χ2n) is 7.27. The molecule has 0 aliphatic heterocycles. The average molecular weight is 463 g/mol. The lowest BCUT2D eigenvalue weighted by Crippen LogP contribution is -2.13. The third-order valence-corrected chi connectivity index (χ3v) is 5.40. The highest BCUT2D eigenvalue weighted by atomic mass is 35.5. The molecular formula is C25H23ClN4O3. The molecule has 7 nitrogen and oxygen atoms in total. The maximum atomic E-state index is 12.7. The molecule has 168 valence electrons. The summed E-state index contributed by atoms with van der Waals surface area (Å²) in [6, 6.07) is 18.2. The summed E-state index contributed by atoms with van der Waals surface area (Å²) in [5, 5.41) is 7.87. The van der Waals surface area contributed by atoms with E-state index >= 15 is 0 Å². The molecule has 0 fully saturated rings. The van der Waals surface area contributed by atoms with E-state index in [4.69, 9.17) is 21.1 Å². The van der Waals surface area contributed by atoms with Gasteiger partial charge < -0.3 is 14.8 Å². The Labute approximate surface area is 196 Å². The number of hydrogen-bond acceptors (Lipinski definition) is 5. The van der Waals surface area contributed by atoms with Crippen LogP contribution in [-0.2, 0) is 19.6 Å². The Morgan fingerprint density at radius 1 is 1.06 bits per heavy atom. The maximum Gasteiger partial charge on any atom is 0.257 e. The first-order valence-electron chi connectivity index (χ1n) is 10.4. The highest BCUT2D eigenvalue weighted by Crippen LogP contribution is 2.30. The van der Waals surface area contributed by atoms with Gasteiger partial charge in [-0.3, -0.25) is 14.5 Å². The van der Waals surface area contributed by atoms with Crippen molar-refractivity contribution in [1.29, 1.82) is 0 Å². The van der Waals surface area contributed by atoms with Crippen molar-refractivity contribution in [2.75, 3.05) is 12.4 Å². The number of carbonyl (C=O) groups excluding carboxylic acids is 1. The maximum absolute atomic E-state index is 12.7. The summed E-state index contributed by atoms with van der Waals surface area (Å²) in [6.07, 6.45) is 6.20. The molecular weight excluding hydrogens is 440 g/mol. The molecule has 0 aliphatic rings. The van der Waals surface area contributed by atoms with Crippen molar-refractivity contribution < 1.29 is 14.3 Å². The molecule has 0 saturated heterocycles. The summed E-state index contributed by atoms with van der Waals surface area (Å²) >= 11 is 6.19. The summed E-state index contributed by atoms with van der Waals surface area (Å²) in [4.78, 5) is 16.7. The van der Waals surface area contributed by atoms with Gasteiger partial charge in [0, 0.05) is 47.4 Å². The van der Waals surface area contributed by atoms with Crippen LogP contribution >= 0.6 is 11.6 Å². The molecule has 4 aromatic rings. The first-order valence-corrected chi connectivity index (χ1v) is 10.8. The van der Waals surface area contributed by atoms with E-state index in [0.29, 0.717) is 41.1 Å². The van der Waals surface area contributed by atoms with Crippen LogP contribution in [0.5, 0.6) is 11.5 Å². The van der Waals surface area contributed by atoms with E-state index in [9.17, 15) is 4.79 Å². The fourth-order valence-corrected chi connectivity index (χ4v) is 3.42. The van der Waals surface area contributed by atoms with Crippen LogP contribution in [0.1, 0.15) is 21.5 Å². The number of methoxy groups -OCH3 is 1. The molecule has 33 heavy (non-hydrogen) atoms. The van der Waals surface area contributed by atoms with Gasteiger partial charge in [0.05, 0.1) is 7.11 Å². The quantitative estimate of drug-likeness (QED) is 0.378. The lowest BCUT2D eigenvalue weighted by molar-refractivity contribution is 0.102. The summed E-state index contributed by atoms with van der Waals surface area (Å²) in [5.41, 5.74) is 2.47. The Morgan fingerprint density at radius 2 is 1.88 bits per heavy atom. The predicted molar refractivity (Wildman–Crippen MR) is 127 cm³/mol. The number of halogens is 1. The Morgan fingerprint density at radius 3 is 2.67 bits per heavy atom. The standard InChI is InChI=1S/C25H23ClN4O3/c1-32-23-16-19(6-7-22(23)33-17-20-4-2-3-5-21(20)26)25(31)28-24-11-15-30(29-24)14-10-18-8-12-27-13-9-18/h2-9,11-13,15-16H,10,14,17H2,1H3,(H,28,29,31). The van der Waals surface area contributed by atoms with E-state index in [1.165, 1.54) is 12.7 Å². The van der Waals surface area contributed by atoms with Crippen LogP contribution in [-0.4, -0.2) is 27.8 Å². The second-order valence-corrected chi connectivity index (χ2v) is 7.68. The zero-order valence-corrected chi connectivity index (χ0v) is 18.8. The summed E-state index contributed by atoms with van der Waals surface area (Å²) in [7, 11) is 1.53. The molecule has 0 unspecified atom stereocenters. The number of carbonyl (C=O) groups is 1. The first-order chi connectivity index (χ1) is 16.1. The van der Waals surface area contributed by atoms with Crippen molar-refractivity contribution in [3.63, 3.8) is 0 Å². The van der Waals surface area contributed by atoms with Gasteiger partial charge in [0.1, 0.15) is 6.61 Å². The number of amides is 1. The minimum absolute atomic E-state index is 0.287. The highest BCUT2D eigenvalue weighted by molar-refractivity contribution is 6.31. The number of hydrogen-bond donors (Lipinski definition) is 1. The smallest absolute Gasteiger partial charge is 0.257 e. The molecule has 0 bridgehead atoms. The number of aromatic nitrogens is 3. The van der Waals surface area contributed by atoms with Crippen LogP contribution < -0.4 is 14.8 Å². The second kappa shape index (κ2) is 10.7. The van der Waals surface area contributed by atoms with Crippen LogP contribution in [0.3, 0.4) is 0 Å². The number of nitrogens with zero attached hydrogens (tertiary/aromatic N) is 3. The largest absolute Gasteiger partial charge is 0.493 e. The van der Waals surface area contributed by atoms with Crippen molar-refractivity contribution in [2.45, 2.75) is 19.6 Å². The van der Waals surface area contributed by atoms with Crippen molar-refractivity contribution in [3.8, 4) is 11.5 Å². The number of anilines is 1. The van der Waals surface area contributed by atoms with Crippen LogP contribution in [0.2, 0.25) is 5.02 Å².